The van der Waals surface area contributed by atoms with Crippen LogP contribution in [-0.2, 0) is 9.59 Å². The molecule has 1 aliphatic rings. The van der Waals surface area contributed by atoms with Crippen LogP contribution in [0.5, 0.6) is 0 Å². The molecular weight excluding hydrogens is 314 g/mol. The average Bonchev–Trinajstić information content (AvgIpc) is 3.33. The standard InChI is InChI=1S/C17H25N3O2.ClH/c1-11(2)12-4-6-13(7-5-12)14(18)10-20-16(22)17(8-9-17)15(21)19-3;/h4-7,11,14H,8-10,18H2,1-3H3,(H,19,21)(H,20,22);1H. The van der Waals surface area contributed by atoms with Crippen molar-refractivity contribution in [2.45, 2.75) is 38.6 Å². The van der Waals surface area contributed by atoms with Crippen LogP contribution in [0.2, 0.25) is 0 Å². The molecule has 5 nitrogen and oxygen atoms in total. The second kappa shape index (κ2) is 7.79. The molecule has 1 aromatic carbocycles. The van der Waals surface area contributed by atoms with Crippen molar-refractivity contribution in [3.05, 3.63) is 35.4 Å². The Bertz CT molecular complexity index is 553. The van der Waals surface area contributed by atoms with Gasteiger partial charge in [-0.25, -0.2) is 0 Å². The quantitative estimate of drug-likeness (QED) is 0.692. The fourth-order valence-corrected chi connectivity index (χ4v) is 2.54. The Labute approximate surface area is 143 Å². The van der Waals surface area contributed by atoms with Gasteiger partial charge in [0.15, 0.2) is 0 Å². The van der Waals surface area contributed by atoms with Gasteiger partial charge in [-0.3, -0.25) is 9.59 Å². The fraction of sp³-hybridized carbons (Fsp3) is 0.529. The monoisotopic (exact) mass is 339 g/mol. The summed E-state index contributed by atoms with van der Waals surface area (Å²) in [5.74, 6) is 0.0493. The van der Waals surface area contributed by atoms with E-state index >= 15 is 0 Å². The Hall–Kier alpha value is -1.59. The van der Waals surface area contributed by atoms with Crippen molar-refractivity contribution in [3.8, 4) is 0 Å². The molecule has 0 saturated heterocycles. The van der Waals surface area contributed by atoms with Gasteiger partial charge in [0.2, 0.25) is 11.8 Å². The van der Waals surface area contributed by atoms with Crippen LogP contribution >= 0.6 is 12.4 Å². The van der Waals surface area contributed by atoms with Crippen LogP contribution in [0.1, 0.15) is 49.8 Å². The molecule has 23 heavy (non-hydrogen) atoms. The second-order valence-corrected chi connectivity index (χ2v) is 6.30. The van der Waals surface area contributed by atoms with Crippen molar-refractivity contribution < 1.29 is 9.59 Å². The predicted molar refractivity (Wildman–Crippen MR) is 93.5 cm³/mol. The molecule has 2 amide bonds. The highest BCUT2D eigenvalue weighted by Crippen LogP contribution is 2.46. The van der Waals surface area contributed by atoms with E-state index < -0.39 is 5.41 Å². The van der Waals surface area contributed by atoms with Gasteiger partial charge in [-0.15, -0.1) is 12.4 Å². The molecule has 2 rings (SSSR count). The van der Waals surface area contributed by atoms with Crippen molar-refractivity contribution in [1.29, 1.82) is 0 Å². The zero-order chi connectivity index (χ0) is 16.3. The summed E-state index contributed by atoms with van der Waals surface area (Å²) in [6.07, 6.45) is 1.22. The van der Waals surface area contributed by atoms with E-state index in [2.05, 4.69) is 36.6 Å². The molecule has 0 radical (unpaired) electrons. The fourth-order valence-electron chi connectivity index (χ4n) is 2.54. The van der Waals surface area contributed by atoms with E-state index in [0.29, 0.717) is 25.3 Å². The lowest BCUT2D eigenvalue weighted by Gasteiger charge is -2.17. The molecule has 6 heteroatoms. The summed E-state index contributed by atoms with van der Waals surface area (Å²) in [4.78, 5) is 23.9. The minimum Gasteiger partial charge on any atom is -0.358 e. The van der Waals surface area contributed by atoms with Crippen LogP contribution in [0.4, 0.5) is 0 Å². The maximum absolute atomic E-state index is 12.2. The smallest absolute Gasteiger partial charge is 0.235 e. The largest absolute Gasteiger partial charge is 0.358 e. The summed E-state index contributed by atoms with van der Waals surface area (Å²) in [7, 11) is 1.55. The summed E-state index contributed by atoms with van der Waals surface area (Å²) < 4.78 is 0. The molecule has 1 atom stereocenters. The van der Waals surface area contributed by atoms with Gasteiger partial charge in [-0.1, -0.05) is 38.1 Å². The highest BCUT2D eigenvalue weighted by Gasteiger charge is 2.56. The van der Waals surface area contributed by atoms with Gasteiger partial charge in [0, 0.05) is 19.6 Å². The topological polar surface area (TPSA) is 84.2 Å². The van der Waals surface area contributed by atoms with Gasteiger partial charge >= 0.3 is 0 Å². The van der Waals surface area contributed by atoms with Crippen LogP contribution in [-0.4, -0.2) is 25.4 Å². The lowest BCUT2D eigenvalue weighted by atomic mass is 9.99. The molecule has 1 aromatic rings. The Morgan fingerprint density at radius 1 is 1.13 bits per heavy atom. The number of halogens is 1. The number of benzene rings is 1. The predicted octanol–water partition coefficient (Wildman–Crippen LogP) is 1.87. The Balaban J connectivity index is 0.00000264. The summed E-state index contributed by atoms with van der Waals surface area (Å²) in [6, 6.07) is 7.85. The van der Waals surface area contributed by atoms with Crippen molar-refractivity contribution in [2.24, 2.45) is 11.1 Å². The van der Waals surface area contributed by atoms with Gasteiger partial charge < -0.3 is 16.4 Å². The Morgan fingerprint density at radius 3 is 2.09 bits per heavy atom. The Morgan fingerprint density at radius 2 is 1.65 bits per heavy atom. The zero-order valence-corrected chi connectivity index (χ0v) is 14.7. The average molecular weight is 340 g/mol. The van der Waals surface area contributed by atoms with E-state index in [1.165, 1.54) is 5.56 Å². The number of hydrogen-bond acceptors (Lipinski definition) is 3. The van der Waals surface area contributed by atoms with Gasteiger partial charge in [0.05, 0.1) is 0 Å². The zero-order valence-electron chi connectivity index (χ0n) is 13.9. The molecule has 1 fully saturated rings. The van der Waals surface area contributed by atoms with E-state index in [4.69, 9.17) is 5.73 Å². The van der Waals surface area contributed by atoms with Crippen LogP contribution in [0.25, 0.3) is 0 Å². The highest BCUT2D eigenvalue weighted by molar-refractivity contribution is 6.07. The molecule has 0 aromatic heterocycles. The van der Waals surface area contributed by atoms with E-state index in [1.54, 1.807) is 7.05 Å². The first-order chi connectivity index (χ1) is 10.4. The summed E-state index contributed by atoms with van der Waals surface area (Å²) in [5.41, 5.74) is 7.50. The van der Waals surface area contributed by atoms with E-state index in [0.717, 1.165) is 5.56 Å². The minimum absolute atomic E-state index is 0. The molecule has 1 saturated carbocycles. The number of hydrogen-bond donors (Lipinski definition) is 3. The number of carbonyl (C=O) groups excluding carboxylic acids is 2. The molecule has 1 unspecified atom stereocenters. The van der Waals surface area contributed by atoms with E-state index in [-0.39, 0.29) is 30.3 Å². The van der Waals surface area contributed by atoms with Crippen LogP contribution in [0.3, 0.4) is 0 Å². The van der Waals surface area contributed by atoms with Gasteiger partial charge in [-0.2, -0.15) is 0 Å². The number of nitrogens with two attached hydrogens (primary N) is 1. The van der Waals surface area contributed by atoms with Gasteiger partial charge in [0.1, 0.15) is 5.41 Å². The SMILES string of the molecule is CNC(=O)C1(C(=O)NCC(N)c2ccc(C(C)C)cc2)CC1.Cl. The normalized spacial score (nSPS) is 16.2. The summed E-state index contributed by atoms with van der Waals surface area (Å²) >= 11 is 0. The molecule has 0 heterocycles. The first kappa shape index (κ1) is 19.5. The molecule has 0 spiro atoms. The van der Waals surface area contributed by atoms with Crippen LogP contribution in [0.15, 0.2) is 24.3 Å². The lowest BCUT2D eigenvalue weighted by molar-refractivity contribution is -0.136. The Kier molecular flexibility index (Phi) is 6.59. The maximum Gasteiger partial charge on any atom is 0.235 e. The molecule has 128 valence electrons. The first-order valence-corrected chi connectivity index (χ1v) is 7.76. The molecular formula is C17H26ClN3O2. The van der Waals surface area contributed by atoms with E-state index in [9.17, 15) is 9.59 Å². The maximum atomic E-state index is 12.2. The van der Waals surface area contributed by atoms with E-state index in [1.807, 2.05) is 12.1 Å². The molecule has 0 bridgehead atoms. The third kappa shape index (κ3) is 4.24. The third-order valence-electron chi connectivity index (χ3n) is 4.36. The number of amides is 2. The van der Waals surface area contributed by atoms with Crippen molar-refractivity contribution in [1.82, 2.24) is 10.6 Å². The number of rotatable bonds is 6. The van der Waals surface area contributed by atoms with Crippen molar-refractivity contribution in [2.75, 3.05) is 13.6 Å². The van der Waals surface area contributed by atoms with Crippen molar-refractivity contribution in [3.63, 3.8) is 0 Å². The van der Waals surface area contributed by atoms with Crippen molar-refractivity contribution >= 4 is 24.2 Å². The highest BCUT2D eigenvalue weighted by atomic mass is 35.5. The number of carbonyl (C=O) groups is 2. The summed E-state index contributed by atoms with van der Waals surface area (Å²) in [5, 5.41) is 5.37. The molecule has 1 aliphatic carbocycles. The third-order valence-corrected chi connectivity index (χ3v) is 4.36. The van der Waals surface area contributed by atoms with Crippen LogP contribution in [0, 0.1) is 5.41 Å². The van der Waals surface area contributed by atoms with Gasteiger partial charge in [-0.05, 0) is 29.9 Å². The number of nitrogens with one attached hydrogen (secondary N) is 2. The second-order valence-electron chi connectivity index (χ2n) is 6.30. The van der Waals surface area contributed by atoms with Gasteiger partial charge in [0.25, 0.3) is 0 Å². The lowest BCUT2D eigenvalue weighted by Crippen LogP contribution is -2.43. The van der Waals surface area contributed by atoms with Crippen LogP contribution < -0.4 is 16.4 Å². The molecule has 4 N–H and O–H groups in total. The molecule has 0 aliphatic heterocycles. The minimum atomic E-state index is -0.865. The first-order valence-electron chi connectivity index (χ1n) is 7.76. The summed E-state index contributed by atoms with van der Waals surface area (Å²) in [6.45, 7) is 4.62.